The molecular formula is C18H20N2O5S2. The van der Waals surface area contributed by atoms with Crippen molar-refractivity contribution >= 4 is 33.2 Å². The van der Waals surface area contributed by atoms with Crippen LogP contribution in [-0.4, -0.2) is 45.4 Å². The lowest BCUT2D eigenvalue weighted by Crippen LogP contribution is -2.34. The predicted molar refractivity (Wildman–Crippen MR) is 103 cm³/mol. The van der Waals surface area contributed by atoms with Crippen LogP contribution in [0.15, 0.2) is 59.3 Å². The highest BCUT2D eigenvalue weighted by Crippen LogP contribution is 2.14. The van der Waals surface area contributed by atoms with E-state index in [4.69, 9.17) is 4.74 Å². The maximum atomic E-state index is 12.4. The van der Waals surface area contributed by atoms with Gasteiger partial charge in [0.1, 0.15) is 0 Å². The van der Waals surface area contributed by atoms with Crippen molar-refractivity contribution in [1.82, 2.24) is 9.62 Å². The summed E-state index contributed by atoms with van der Waals surface area (Å²) in [6.45, 7) is 3.91. The molecule has 27 heavy (non-hydrogen) atoms. The van der Waals surface area contributed by atoms with Gasteiger partial charge in [-0.3, -0.25) is 4.79 Å². The van der Waals surface area contributed by atoms with Gasteiger partial charge in [-0.25, -0.2) is 17.9 Å². The zero-order valence-electron chi connectivity index (χ0n) is 14.8. The normalized spacial score (nSPS) is 11.0. The first-order valence-corrected chi connectivity index (χ1v) is 10.4. The average molecular weight is 409 g/mol. The summed E-state index contributed by atoms with van der Waals surface area (Å²) in [4.78, 5) is 27.0. The standard InChI is InChI=1S/C18H20N2O5S2/c1-3-9-20(12-15-7-5-10-26-15)17(21)13-25-18(22)14-6-4-8-16(11-14)27(23,24)19-2/h3-8,10-11,19H,1,9,12-13H2,2H3. The van der Waals surface area contributed by atoms with E-state index in [0.717, 1.165) is 4.88 Å². The van der Waals surface area contributed by atoms with Crippen LogP contribution in [0.5, 0.6) is 0 Å². The molecule has 2 aromatic rings. The van der Waals surface area contributed by atoms with Crippen LogP contribution in [0.4, 0.5) is 0 Å². The Morgan fingerprint density at radius 1 is 1.30 bits per heavy atom. The summed E-state index contributed by atoms with van der Waals surface area (Å²) in [5.41, 5.74) is 0.0488. The SMILES string of the molecule is C=CCN(Cc1cccs1)C(=O)COC(=O)c1cccc(S(=O)(=O)NC)c1. The number of esters is 1. The van der Waals surface area contributed by atoms with Gasteiger partial charge in [-0.05, 0) is 36.7 Å². The number of carbonyl (C=O) groups excluding carboxylic acids is 2. The van der Waals surface area contributed by atoms with Crippen LogP contribution in [-0.2, 0) is 26.1 Å². The first-order chi connectivity index (χ1) is 12.9. The molecule has 1 heterocycles. The molecule has 0 aliphatic rings. The number of hydrogen-bond acceptors (Lipinski definition) is 6. The molecule has 144 valence electrons. The zero-order chi connectivity index (χ0) is 19.9. The van der Waals surface area contributed by atoms with Gasteiger partial charge >= 0.3 is 5.97 Å². The van der Waals surface area contributed by atoms with E-state index in [0.29, 0.717) is 13.1 Å². The lowest BCUT2D eigenvalue weighted by Gasteiger charge is -2.20. The number of ether oxygens (including phenoxy) is 1. The molecule has 0 saturated heterocycles. The third-order valence-corrected chi connectivity index (χ3v) is 5.88. The van der Waals surface area contributed by atoms with Gasteiger partial charge in [-0.1, -0.05) is 18.2 Å². The van der Waals surface area contributed by atoms with Gasteiger partial charge in [0.25, 0.3) is 5.91 Å². The third kappa shape index (κ3) is 5.75. The molecule has 0 saturated carbocycles. The lowest BCUT2D eigenvalue weighted by atomic mass is 10.2. The van der Waals surface area contributed by atoms with Gasteiger partial charge < -0.3 is 9.64 Å². The number of amides is 1. The second kappa shape index (κ2) is 9.45. The van der Waals surface area contributed by atoms with Gasteiger partial charge in [-0.2, -0.15) is 0 Å². The van der Waals surface area contributed by atoms with Crippen LogP contribution in [0.3, 0.4) is 0 Å². The molecule has 1 amide bonds. The Labute approximate surface area is 162 Å². The van der Waals surface area contributed by atoms with E-state index in [2.05, 4.69) is 11.3 Å². The molecular weight excluding hydrogens is 388 g/mol. The Morgan fingerprint density at radius 3 is 2.70 bits per heavy atom. The van der Waals surface area contributed by atoms with Crippen LogP contribution in [0.1, 0.15) is 15.2 Å². The summed E-state index contributed by atoms with van der Waals surface area (Å²) in [5.74, 6) is -1.14. The van der Waals surface area contributed by atoms with E-state index in [1.165, 1.54) is 47.5 Å². The Bertz CT molecular complexity index is 908. The van der Waals surface area contributed by atoms with Crippen molar-refractivity contribution in [2.45, 2.75) is 11.4 Å². The monoisotopic (exact) mass is 408 g/mol. The van der Waals surface area contributed by atoms with Crippen LogP contribution in [0.2, 0.25) is 0 Å². The second-order valence-electron chi connectivity index (χ2n) is 5.45. The molecule has 0 aliphatic carbocycles. The van der Waals surface area contributed by atoms with Gasteiger partial charge in [0, 0.05) is 11.4 Å². The molecule has 0 bridgehead atoms. The number of nitrogens with one attached hydrogen (secondary N) is 1. The highest BCUT2D eigenvalue weighted by Gasteiger charge is 2.18. The molecule has 2 rings (SSSR count). The van der Waals surface area contributed by atoms with Crippen LogP contribution >= 0.6 is 11.3 Å². The number of nitrogens with zero attached hydrogens (tertiary/aromatic N) is 1. The largest absolute Gasteiger partial charge is 0.452 e. The van der Waals surface area contributed by atoms with E-state index >= 15 is 0 Å². The summed E-state index contributed by atoms with van der Waals surface area (Å²) >= 11 is 1.52. The minimum atomic E-state index is -3.68. The second-order valence-corrected chi connectivity index (χ2v) is 8.37. The van der Waals surface area contributed by atoms with Gasteiger partial charge in [-0.15, -0.1) is 17.9 Å². The van der Waals surface area contributed by atoms with E-state index in [1.54, 1.807) is 6.08 Å². The summed E-state index contributed by atoms with van der Waals surface area (Å²) in [6, 6.07) is 9.22. The maximum Gasteiger partial charge on any atom is 0.338 e. The Kier molecular flexibility index (Phi) is 7.28. The van der Waals surface area contributed by atoms with Crippen molar-refractivity contribution < 1.29 is 22.7 Å². The van der Waals surface area contributed by atoms with Crippen LogP contribution in [0.25, 0.3) is 0 Å². The molecule has 0 radical (unpaired) electrons. The number of thiophene rings is 1. The van der Waals surface area contributed by atoms with Gasteiger partial charge in [0.05, 0.1) is 17.0 Å². The molecule has 0 aliphatic heterocycles. The predicted octanol–water partition coefficient (Wildman–Crippen LogP) is 2.03. The van der Waals surface area contributed by atoms with Crippen molar-refractivity contribution in [2.24, 2.45) is 0 Å². The van der Waals surface area contributed by atoms with Crippen molar-refractivity contribution in [3.8, 4) is 0 Å². The molecule has 7 nitrogen and oxygen atoms in total. The fourth-order valence-electron chi connectivity index (χ4n) is 2.21. The zero-order valence-corrected chi connectivity index (χ0v) is 16.4. The van der Waals surface area contributed by atoms with Crippen molar-refractivity contribution in [1.29, 1.82) is 0 Å². The minimum absolute atomic E-state index is 0.0488. The molecule has 0 spiro atoms. The van der Waals surface area contributed by atoms with Gasteiger partial charge in [0.15, 0.2) is 6.61 Å². The number of hydrogen-bond donors (Lipinski definition) is 1. The number of rotatable bonds is 9. The minimum Gasteiger partial charge on any atom is -0.452 e. The molecule has 0 fully saturated rings. The van der Waals surface area contributed by atoms with Gasteiger partial charge in [0.2, 0.25) is 10.0 Å². The molecule has 9 heteroatoms. The number of benzene rings is 1. The summed E-state index contributed by atoms with van der Waals surface area (Å²) in [5, 5.41) is 1.91. The number of carbonyl (C=O) groups is 2. The van der Waals surface area contributed by atoms with Crippen molar-refractivity contribution in [3.63, 3.8) is 0 Å². The summed E-state index contributed by atoms with van der Waals surface area (Å²) in [7, 11) is -2.40. The third-order valence-electron chi connectivity index (χ3n) is 3.60. The van der Waals surface area contributed by atoms with E-state index < -0.39 is 22.6 Å². The first kappa shape index (κ1) is 20.8. The van der Waals surface area contributed by atoms with E-state index in [1.807, 2.05) is 17.5 Å². The fraction of sp³-hybridized carbons (Fsp3) is 0.222. The molecule has 0 atom stereocenters. The summed E-state index contributed by atoms with van der Waals surface area (Å²) < 4.78 is 30.9. The van der Waals surface area contributed by atoms with Crippen molar-refractivity contribution in [3.05, 3.63) is 64.9 Å². The maximum absolute atomic E-state index is 12.4. The van der Waals surface area contributed by atoms with E-state index in [-0.39, 0.29) is 16.4 Å². The highest BCUT2D eigenvalue weighted by atomic mass is 32.2. The summed E-state index contributed by atoms with van der Waals surface area (Å²) in [6.07, 6.45) is 1.60. The van der Waals surface area contributed by atoms with Crippen LogP contribution < -0.4 is 4.72 Å². The lowest BCUT2D eigenvalue weighted by molar-refractivity contribution is -0.134. The highest BCUT2D eigenvalue weighted by molar-refractivity contribution is 7.89. The van der Waals surface area contributed by atoms with Crippen LogP contribution in [0, 0.1) is 0 Å². The smallest absolute Gasteiger partial charge is 0.338 e. The molecule has 1 aromatic heterocycles. The van der Waals surface area contributed by atoms with E-state index in [9.17, 15) is 18.0 Å². The average Bonchev–Trinajstić information content (AvgIpc) is 3.18. The fourth-order valence-corrected chi connectivity index (χ4v) is 3.71. The topological polar surface area (TPSA) is 92.8 Å². The Balaban J connectivity index is 2.02. The first-order valence-electron chi connectivity index (χ1n) is 7.99. The molecule has 1 N–H and O–H groups in total. The Morgan fingerprint density at radius 2 is 2.07 bits per heavy atom. The Hall–Kier alpha value is -2.49. The van der Waals surface area contributed by atoms with Crippen molar-refractivity contribution in [2.75, 3.05) is 20.2 Å². The number of sulfonamides is 1. The molecule has 1 aromatic carbocycles. The molecule has 0 unspecified atom stereocenters. The quantitative estimate of drug-likeness (QED) is 0.506.